The van der Waals surface area contributed by atoms with Crippen LogP contribution in [0.3, 0.4) is 0 Å². The molecule has 3 heteroatoms. The van der Waals surface area contributed by atoms with Crippen molar-refractivity contribution in [2.75, 3.05) is 18.4 Å². The van der Waals surface area contributed by atoms with E-state index in [-0.39, 0.29) is 5.91 Å². The number of hydrogen-bond acceptors (Lipinski definition) is 2. The van der Waals surface area contributed by atoms with Crippen LogP contribution in [0.1, 0.15) is 37.3 Å². The summed E-state index contributed by atoms with van der Waals surface area (Å²) in [4.78, 5) is 11.5. The van der Waals surface area contributed by atoms with Gasteiger partial charge in [-0.2, -0.15) is 0 Å². The Labute approximate surface area is 110 Å². The van der Waals surface area contributed by atoms with Gasteiger partial charge in [-0.15, -0.1) is 0 Å². The zero-order valence-corrected chi connectivity index (χ0v) is 11.7. The van der Waals surface area contributed by atoms with E-state index in [9.17, 15) is 4.79 Å². The molecule has 1 aromatic rings. The van der Waals surface area contributed by atoms with E-state index >= 15 is 0 Å². The molecule has 18 heavy (non-hydrogen) atoms. The van der Waals surface area contributed by atoms with Gasteiger partial charge in [0.15, 0.2) is 0 Å². The first-order valence-electron chi connectivity index (χ1n) is 6.72. The van der Waals surface area contributed by atoms with Crippen LogP contribution in [0.25, 0.3) is 0 Å². The Kier molecular flexibility index (Phi) is 6.26. The number of aryl methyl sites for hydroxylation is 1. The number of carbonyl (C=O) groups is 1. The normalized spacial score (nSPS) is 10.2. The van der Waals surface area contributed by atoms with Crippen LogP contribution in [0.15, 0.2) is 18.2 Å². The molecule has 0 saturated carbocycles. The summed E-state index contributed by atoms with van der Waals surface area (Å²) >= 11 is 0. The number of carbonyl (C=O) groups excluding carboxylic acids is 1. The van der Waals surface area contributed by atoms with Crippen LogP contribution in [0.5, 0.6) is 0 Å². The molecule has 0 bridgehead atoms. The number of nitrogens with one attached hydrogen (secondary N) is 2. The first-order chi connectivity index (χ1) is 8.65. The van der Waals surface area contributed by atoms with Gasteiger partial charge in [0.25, 0.3) is 0 Å². The number of hydrogen-bond donors (Lipinski definition) is 2. The third-order valence-electron chi connectivity index (χ3n) is 3.12. The van der Waals surface area contributed by atoms with Gasteiger partial charge >= 0.3 is 0 Å². The predicted octanol–water partition coefficient (Wildman–Crippen LogP) is 3.02. The molecule has 0 radical (unpaired) electrons. The summed E-state index contributed by atoms with van der Waals surface area (Å²) in [5, 5.41) is 6.23. The molecular weight excluding hydrogens is 224 g/mol. The van der Waals surface area contributed by atoms with Crippen molar-refractivity contribution in [1.82, 2.24) is 5.32 Å². The monoisotopic (exact) mass is 248 g/mol. The van der Waals surface area contributed by atoms with Gasteiger partial charge < -0.3 is 10.6 Å². The minimum Gasteiger partial charge on any atom is -0.384 e. The summed E-state index contributed by atoms with van der Waals surface area (Å²) in [6.07, 6.45) is 2.69. The van der Waals surface area contributed by atoms with Crippen LogP contribution in [0.4, 0.5) is 5.69 Å². The molecule has 0 unspecified atom stereocenters. The summed E-state index contributed by atoms with van der Waals surface area (Å²) in [7, 11) is 0. The fraction of sp³-hybridized carbons (Fsp3) is 0.533. The Hall–Kier alpha value is -1.51. The maximum Gasteiger partial charge on any atom is 0.221 e. The predicted molar refractivity (Wildman–Crippen MR) is 76.9 cm³/mol. The van der Waals surface area contributed by atoms with E-state index in [2.05, 4.69) is 43.5 Å². The molecule has 0 aliphatic heterocycles. The van der Waals surface area contributed by atoms with Gasteiger partial charge in [0.1, 0.15) is 0 Å². The van der Waals surface area contributed by atoms with Crippen molar-refractivity contribution in [3.05, 3.63) is 29.3 Å². The molecule has 1 amide bonds. The lowest BCUT2D eigenvalue weighted by Crippen LogP contribution is -2.26. The molecule has 100 valence electrons. The molecule has 1 aromatic carbocycles. The molecular formula is C15H24N2O. The molecule has 0 aromatic heterocycles. The SMILES string of the molecule is CCCCNC(=O)CCNc1cccc(C)c1C. The van der Waals surface area contributed by atoms with Gasteiger partial charge in [0, 0.05) is 25.2 Å². The van der Waals surface area contributed by atoms with E-state index < -0.39 is 0 Å². The molecule has 0 saturated heterocycles. The van der Waals surface area contributed by atoms with E-state index in [1.165, 1.54) is 11.1 Å². The highest BCUT2D eigenvalue weighted by atomic mass is 16.1. The fourth-order valence-electron chi connectivity index (χ4n) is 1.75. The molecule has 2 N–H and O–H groups in total. The summed E-state index contributed by atoms with van der Waals surface area (Å²) in [6.45, 7) is 7.78. The Balaban J connectivity index is 2.29. The first kappa shape index (κ1) is 14.6. The Morgan fingerprint density at radius 2 is 2.00 bits per heavy atom. The topological polar surface area (TPSA) is 41.1 Å². The Morgan fingerprint density at radius 3 is 2.72 bits per heavy atom. The maximum absolute atomic E-state index is 11.5. The molecule has 0 aliphatic carbocycles. The molecule has 0 spiro atoms. The van der Waals surface area contributed by atoms with Crippen molar-refractivity contribution in [2.24, 2.45) is 0 Å². The van der Waals surface area contributed by atoms with Gasteiger partial charge in [0.2, 0.25) is 5.91 Å². The van der Waals surface area contributed by atoms with E-state index in [0.29, 0.717) is 13.0 Å². The molecule has 0 fully saturated rings. The molecule has 0 heterocycles. The van der Waals surface area contributed by atoms with Gasteiger partial charge in [0.05, 0.1) is 0 Å². The van der Waals surface area contributed by atoms with Crippen molar-refractivity contribution in [3.63, 3.8) is 0 Å². The summed E-state index contributed by atoms with van der Waals surface area (Å²) in [5.41, 5.74) is 3.65. The van der Waals surface area contributed by atoms with Gasteiger partial charge in [-0.25, -0.2) is 0 Å². The van der Waals surface area contributed by atoms with Crippen molar-refractivity contribution in [2.45, 2.75) is 40.0 Å². The number of benzene rings is 1. The van der Waals surface area contributed by atoms with E-state index in [1.54, 1.807) is 0 Å². The maximum atomic E-state index is 11.5. The number of unbranched alkanes of at least 4 members (excludes halogenated alkanes) is 1. The van der Waals surface area contributed by atoms with Crippen LogP contribution in [0.2, 0.25) is 0 Å². The van der Waals surface area contributed by atoms with Crippen molar-refractivity contribution in [1.29, 1.82) is 0 Å². The van der Waals surface area contributed by atoms with E-state index in [4.69, 9.17) is 0 Å². The standard InChI is InChI=1S/C15H24N2O/c1-4-5-10-17-15(18)9-11-16-14-8-6-7-12(2)13(14)3/h6-8,16H,4-5,9-11H2,1-3H3,(H,17,18). The zero-order valence-electron chi connectivity index (χ0n) is 11.7. The van der Waals surface area contributed by atoms with Crippen LogP contribution < -0.4 is 10.6 Å². The minimum atomic E-state index is 0.126. The van der Waals surface area contributed by atoms with Crippen molar-refractivity contribution < 1.29 is 4.79 Å². The lowest BCUT2D eigenvalue weighted by atomic mass is 10.1. The van der Waals surface area contributed by atoms with Gasteiger partial charge in [-0.3, -0.25) is 4.79 Å². The molecule has 0 atom stereocenters. The highest BCUT2D eigenvalue weighted by Crippen LogP contribution is 2.17. The highest BCUT2D eigenvalue weighted by Gasteiger charge is 2.02. The summed E-state index contributed by atoms with van der Waals surface area (Å²) in [5.74, 6) is 0.126. The van der Waals surface area contributed by atoms with Crippen molar-refractivity contribution >= 4 is 11.6 Å². The average Bonchev–Trinajstić information content (AvgIpc) is 2.35. The average molecular weight is 248 g/mol. The molecule has 1 rings (SSSR count). The third-order valence-corrected chi connectivity index (χ3v) is 3.12. The quantitative estimate of drug-likeness (QED) is 0.728. The number of anilines is 1. The second-order valence-corrected chi connectivity index (χ2v) is 4.63. The second-order valence-electron chi connectivity index (χ2n) is 4.63. The van der Waals surface area contributed by atoms with Crippen LogP contribution in [-0.2, 0) is 4.79 Å². The smallest absolute Gasteiger partial charge is 0.221 e. The Bertz CT molecular complexity index is 388. The van der Waals surface area contributed by atoms with Crippen LogP contribution >= 0.6 is 0 Å². The van der Waals surface area contributed by atoms with Crippen molar-refractivity contribution in [3.8, 4) is 0 Å². The first-order valence-corrected chi connectivity index (χ1v) is 6.72. The fourth-order valence-corrected chi connectivity index (χ4v) is 1.75. The highest BCUT2D eigenvalue weighted by molar-refractivity contribution is 5.76. The third kappa shape index (κ3) is 4.78. The van der Waals surface area contributed by atoms with Gasteiger partial charge in [-0.05, 0) is 37.5 Å². The van der Waals surface area contributed by atoms with Gasteiger partial charge in [-0.1, -0.05) is 25.5 Å². The van der Waals surface area contributed by atoms with E-state index in [1.807, 2.05) is 6.07 Å². The lowest BCUT2D eigenvalue weighted by Gasteiger charge is -2.11. The number of rotatable bonds is 7. The van der Waals surface area contributed by atoms with Crippen LogP contribution in [-0.4, -0.2) is 19.0 Å². The number of amides is 1. The summed E-state index contributed by atoms with van der Waals surface area (Å²) < 4.78 is 0. The summed E-state index contributed by atoms with van der Waals surface area (Å²) in [6, 6.07) is 6.18. The Morgan fingerprint density at radius 1 is 1.22 bits per heavy atom. The largest absolute Gasteiger partial charge is 0.384 e. The lowest BCUT2D eigenvalue weighted by molar-refractivity contribution is -0.120. The molecule has 0 aliphatic rings. The molecule has 3 nitrogen and oxygen atoms in total. The second kappa shape index (κ2) is 7.75. The minimum absolute atomic E-state index is 0.126. The van der Waals surface area contributed by atoms with E-state index in [0.717, 1.165) is 25.1 Å². The van der Waals surface area contributed by atoms with Crippen LogP contribution in [0, 0.1) is 13.8 Å². The zero-order chi connectivity index (χ0) is 13.4.